The lowest BCUT2D eigenvalue weighted by atomic mass is 10.2. The molecule has 1 atom stereocenters. The van der Waals surface area contributed by atoms with Gasteiger partial charge in [0.05, 0.1) is 6.61 Å². The van der Waals surface area contributed by atoms with Gasteiger partial charge in [0.2, 0.25) is 0 Å². The lowest BCUT2D eigenvalue weighted by Crippen LogP contribution is -2.28. The second-order valence-corrected chi connectivity index (χ2v) is 1.88. The van der Waals surface area contributed by atoms with E-state index in [4.69, 9.17) is 10.3 Å². The number of hydrogen-bond donors (Lipinski definition) is 2. The number of esters is 1. The largest absolute Gasteiger partial charge is 0.461 e. The normalized spacial score (nSPS) is 14.3. The van der Waals surface area contributed by atoms with Crippen LogP contribution in [0.25, 0.3) is 0 Å². The number of ether oxygens (including phenoxy) is 1. The topological polar surface area (TPSA) is 79.1 Å². The summed E-state index contributed by atoms with van der Waals surface area (Å²) in [5.74, 6) is -0.801. The van der Waals surface area contributed by atoms with Gasteiger partial charge in [-0.15, -0.1) is 0 Å². The van der Waals surface area contributed by atoms with Crippen molar-refractivity contribution >= 4 is 11.7 Å². The highest BCUT2D eigenvalue weighted by Gasteiger charge is 2.18. The van der Waals surface area contributed by atoms with E-state index < -0.39 is 12.1 Å². The second kappa shape index (κ2) is 4.68. The van der Waals surface area contributed by atoms with Crippen LogP contribution in [0.2, 0.25) is 0 Å². The fourth-order valence-corrected chi connectivity index (χ4v) is 0.500. The van der Waals surface area contributed by atoms with Crippen LogP contribution in [0.15, 0.2) is 5.16 Å². The van der Waals surface area contributed by atoms with Gasteiger partial charge in [-0.1, -0.05) is 5.16 Å². The van der Waals surface area contributed by atoms with Crippen molar-refractivity contribution in [2.75, 3.05) is 6.61 Å². The predicted molar refractivity (Wildman–Crippen MR) is 37.5 cm³/mol. The molecule has 0 aliphatic heterocycles. The summed E-state index contributed by atoms with van der Waals surface area (Å²) < 4.78 is 4.47. The number of aliphatic hydroxyl groups excluding tert-OH is 1. The summed E-state index contributed by atoms with van der Waals surface area (Å²) in [4.78, 5) is 10.7. The Morgan fingerprint density at radius 2 is 2.27 bits per heavy atom. The minimum absolute atomic E-state index is 0.185. The van der Waals surface area contributed by atoms with E-state index >= 15 is 0 Å². The second-order valence-electron chi connectivity index (χ2n) is 1.88. The SMILES string of the molecule is CCOC(=O)/C(=N\O)C(C)O. The van der Waals surface area contributed by atoms with Crippen LogP contribution >= 0.6 is 0 Å². The Bertz CT molecular complexity index is 164. The molecule has 1 unspecified atom stereocenters. The van der Waals surface area contributed by atoms with Gasteiger partial charge in [0, 0.05) is 0 Å². The molecule has 64 valence electrons. The summed E-state index contributed by atoms with van der Waals surface area (Å²) in [5.41, 5.74) is -0.383. The first-order valence-electron chi connectivity index (χ1n) is 3.20. The summed E-state index contributed by atoms with van der Waals surface area (Å²) >= 11 is 0. The molecule has 5 heteroatoms. The number of carbonyl (C=O) groups excluding carboxylic acids is 1. The van der Waals surface area contributed by atoms with Crippen LogP contribution in [0.3, 0.4) is 0 Å². The molecular formula is C6H11NO4. The van der Waals surface area contributed by atoms with E-state index in [2.05, 4.69) is 9.89 Å². The fraction of sp³-hybridized carbons (Fsp3) is 0.667. The number of oxime groups is 1. The van der Waals surface area contributed by atoms with E-state index in [1.165, 1.54) is 6.92 Å². The van der Waals surface area contributed by atoms with Gasteiger partial charge in [-0.25, -0.2) is 4.79 Å². The summed E-state index contributed by atoms with van der Waals surface area (Å²) in [6, 6.07) is 0. The van der Waals surface area contributed by atoms with Gasteiger partial charge >= 0.3 is 5.97 Å². The van der Waals surface area contributed by atoms with Crippen LogP contribution < -0.4 is 0 Å². The molecule has 0 spiro atoms. The molecule has 11 heavy (non-hydrogen) atoms. The first kappa shape index (κ1) is 9.90. The molecule has 0 aromatic heterocycles. The molecular weight excluding hydrogens is 150 g/mol. The number of carbonyl (C=O) groups is 1. The zero-order chi connectivity index (χ0) is 8.85. The Hall–Kier alpha value is -1.10. The smallest absolute Gasteiger partial charge is 0.358 e. The van der Waals surface area contributed by atoms with E-state index in [9.17, 15) is 4.79 Å². The summed E-state index contributed by atoms with van der Waals surface area (Å²) in [5, 5.41) is 19.6. The Balaban J connectivity index is 4.17. The molecule has 0 rings (SSSR count). The number of hydrogen-bond acceptors (Lipinski definition) is 5. The van der Waals surface area contributed by atoms with Crippen molar-refractivity contribution < 1.29 is 19.8 Å². The zero-order valence-corrected chi connectivity index (χ0v) is 6.44. The molecule has 0 aliphatic carbocycles. The van der Waals surface area contributed by atoms with E-state index in [1.807, 2.05) is 0 Å². The standard InChI is InChI=1S/C6H11NO4/c1-3-11-6(9)5(7-10)4(2)8/h4,8,10H,3H2,1-2H3/b7-5-. The third kappa shape index (κ3) is 2.99. The van der Waals surface area contributed by atoms with Gasteiger partial charge in [-0.3, -0.25) is 0 Å². The maximum Gasteiger partial charge on any atom is 0.358 e. The Kier molecular flexibility index (Phi) is 4.21. The van der Waals surface area contributed by atoms with Crippen molar-refractivity contribution in [3.8, 4) is 0 Å². The molecule has 5 nitrogen and oxygen atoms in total. The van der Waals surface area contributed by atoms with E-state index in [1.54, 1.807) is 6.92 Å². The molecule has 0 bridgehead atoms. The zero-order valence-electron chi connectivity index (χ0n) is 6.44. The number of aliphatic hydroxyl groups is 1. The van der Waals surface area contributed by atoms with Crippen LogP contribution in [0.5, 0.6) is 0 Å². The monoisotopic (exact) mass is 161 g/mol. The number of nitrogens with zero attached hydrogens (tertiary/aromatic N) is 1. The molecule has 0 heterocycles. The minimum atomic E-state index is -1.11. The minimum Gasteiger partial charge on any atom is -0.461 e. The quantitative estimate of drug-likeness (QED) is 0.259. The predicted octanol–water partition coefficient (Wildman–Crippen LogP) is -0.239. The highest BCUT2D eigenvalue weighted by atomic mass is 16.5. The van der Waals surface area contributed by atoms with Crippen LogP contribution in [0, 0.1) is 0 Å². The van der Waals surface area contributed by atoms with Crippen LogP contribution in [-0.2, 0) is 9.53 Å². The van der Waals surface area contributed by atoms with Gasteiger partial charge in [-0.2, -0.15) is 0 Å². The van der Waals surface area contributed by atoms with Crippen molar-refractivity contribution in [3.63, 3.8) is 0 Å². The van der Waals surface area contributed by atoms with Crippen molar-refractivity contribution in [3.05, 3.63) is 0 Å². The van der Waals surface area contributed by atoms with E-state index in [0.29, 0.717) is 0 Å². The fourth-order valence-electron chi connectivity index (χ4n) is 0.500. The van der Waals surface area contributed by atoms with Gasteiger partial charge in [0.15, 0.2) is 5.71 Å². The Labute approximate surface area is 64.3 Å². The van der Waals surface area contributed by atoms with Crippen molar-refractivity contribution in [2.45, 2.75) is 20.0 Å². The van der Waals surface area contributed by atoms with Crippen molar-refractivity contribution in [1.82, 2.24) is 0 Å². The molecule has 0 aromatic carbocycles. The highest BCUT2D eigenvalue weighted by molar-refractivity contribution is 6.37. The van der Waals surface area contributed by atoms with E-state index in [-0.39, 0.29) is 12.3 Å². The molecule has 0 saturated heterocycles. The summed E-state index contributed by atoms with van der Waals surface area (Å²) in [6.07, 6.45) is -1.11. The average Bonchev–Trinajstić information content (AvgIpc) is 1.88. The molecule has 0 aliphatic rings. The first-order chi connectivity index (χ1) is 5.13. The molecule has 0 fully saturated rings. The van der Waals surface area contributed by atoms with Crippen LogP contribution in [-0.4, -0.2) is 34.7 Å². The number of rotatable bonds is 3. The van der Waals surface area contributed by atoms with Gasteiger partial charge in [-0.05, 0) is 13.8 Å². The van der Waals surface area contributed by atoms with Crippen molar-refractivity contribution in [1.29, 1.82) is 0 Å². The van der Waals surface area contributed by atoms with Gasteiger partial charge in [0.1, 0.15) is 6.10 Å². The maximum atomic E-state index is 10.7. The third-order valence-electron chi connectivity index (χ3n) is 0.988. The molecule has 2 N–H and O–H groups in total. The highest BCUT2D eigenvalue weighted by Crippen LogP contribution is 1.91. The Morgan fingerprint density at radius 1 is 1.73 bits per heavy atom. The Morgan fingerprint density at radius 3 is 2.55 bits per heavy atom. The molecule has 0 aromatic rings. The lowest BCUT2D eigenvalue weighted by Gasteiger charge is -2.04. The lowest BCUT2D eigenvalue weighted by molar-refractivity contribution is -0.135. The first-order valence-corrected chi connectivity index (χ1v) is 3.20. The molecule has 0 radical (unpaired) electrons. The maximum absolute atomic E-state index is 10.7. The molecule has 0 saturated carbocycles. The van der Waals surface area contributed by atoms with E-state index in [0.717, 1.165) is 0 Å². The van der Waals surface area contributed by atoms with Crippen LogP contribution in [0.4, 0.5) is 0 Å². The van der Waals surface area contributed by atoms with Gasteiger partial charge in [0.25, 0.3) is 0 Å². The van der Waals surface area contributed by atoms with Gasteiger partial charge < -0.3 is 15.1 Å². The molecule has 0 amide bonds. The third-order valence-corrected chi connectivity index (χ3v) is 0.988. The summed E-state index contributed by atoms with van der Waals surface area (Å²) in [6.45, 7) is 3.12. The van der Waals surface area contributed by atoms with Crippen LogP contribution in [0.1, 0.15) is 13.8 Å². The average molecular weight is 161 g/mol. The summed E-state index contributed by atoms with van der Waals surface area (Å²) in [7, 11) is 0. The van der Waals surface area contributed by atoms with Crippen molar-refractivity contribution in [2.24, 2.45) is 5.16 Å².